The smallest absolute Gasteiger partial charge is 0.338 e. The van der Waals surface area contributed by atoms with E-state index in [2.05, 4.69) is 20.4 Å². The molecule has 0 saturated heterocycles. The van der Waals surface area contributed by atoms with Gasteiger partial charge in [-0.15, -0.1) is 0 Å². The molecule has 0 unspecified atom stereocenters. The summed E-state index contributed by atoms with van der Waals surface area (Å²) in [7, 11) is 0. The number of hydrogen-bond acceptors (Lipinski definition) is 8. The van der Waals surface area contributed by atoms with Crippen LogP contribution in [0.15, 0.2) is 59.8 Å². The molecule has 0 spiro atoms. The van der Waals surface area contributed by atoms with Crippen molar-refractivity contribution in [3.63, 3.8) is 0 Å². The van der Waals surface area contributed by atoms with Gasteiger partial charge in [0.1, 0.15) is 5.39 Å². The minimum atomic E-state index is -0.782. The lowest BCUT2D eigenvalue weighted by Gasteiger charge is -2.12. The van der Waals surface area contributed by atoms with Gasteiger partial charge in [0.25, 0.3) is 17.2 Å². The van der Waals surface area contributed by atoms with Crippen LogP contribution in [0.25, 0.3) is 16.7 Å². The highest BCUT2D eigenvalue weighted by Gasteiger charge is 2.20. The number of esters is 1. The van der Waals surface area contributed by atoms with E-state index in [1.165, 1.54) is 23.3 Å². The molecule has 33 heavy (non-hydrogen) atoms. The Morgan fingerprint density at radius 2 is 1.97 bits per heavy atom. The molecule has 0 aliphatic rings. The number of para-hydroxylation sites is 2. The van der Waals surface area contributed by atoms with Gasteiger partial charge in [0.2, 0.25) is 0 Å². The van der Waals surface area contributed by atoms with E-state index >= 15 is 0 Å². The molecule has 4 aromatic rings. The fourth-order valence-electron chi connectivity index (χ4n) is 3.17. The molecule has 2 heterocycles. The Morgan fingerprint density at radius 1 is 1.21 bits per heavy atom. The normalized spacial score (nSPS) is 10.7. The lowest BCUT2D eigenvalue weighted by molar-refractivity contribution is -0.384. The molecule has 4 rings (SSSR count). The first kappa shape index (κ1) is 21.4. The second-order valence-electron chi connectivity index (χ2n) is 6.74. The molecule has 0 atom stereocenters. The van der Waals surface area contributed by atoms with Crippen molar-refractivity contribution in [2.24, 2.45) is 0 Å². The Labute approximate surface area is 185 Å². The highest BCUT2D eigenvalue weighted by Crippen LogP contribution is 2.24. The number of H-pyrrole nitrogens is 1. The molecule has 1 amide bonds. The van der Waals surface area contributed by atoms with Gasteiger partial charge in [0.15, 0.2) is 5.65 Å². The first-order chi connectivity index (χ1) is 15.9. The third-order valence-corrected chi connectivity index (χ3v) is 4.65. The van der Waals surface area contributed by atoms with Crippen molar-refractivity contribution in [3.8, 4) is 5.69 Å². The maximum Gasteiger partial charge on any atom is 0.338 e. The van der Waals surface area contributed by atoms with Crippen molar-refractivity contribution < 1.29 is 19.2 Å². The number of benzene rings is 2. The summed E-state index contributed by atoms with van der Waals surface area (Å²) in [4.78, 5) is 54.3. The standard InChI is InChI=1S/C21H16N6O6/c1-2-33-21(30)13-7-12(8-14(9-13)27(31)32)19(28)25-16-5-3-4-6-17(16)26-18-15(10-24-26)20(29)23-11-22-18/h3-11H,2H2,1H3,(H,25,28)(H,22,23,29). The largest absolute Gasteiger partial charge is 0.462 e. The van der Waals surface area contributed by atoms with Crippen molar-refractivity contribution >= 4 is 34.3 Å². The van der Waals surface area contributed by atoms with Gasteiger partial charge in [-0.05, 0) is 25.1 Å². The molecule has 0 bridgehead atoms. The third-order valence-electron chi connectivity index (χ3n) is 4.65. The first-order valence-corrected chi connectivity index (χ1v) is 9.68. The number of carbonyl (C=O) groups is 2. The molecule has 0 saturated carbocycles. The number of anilines is 1. The number of ether oxygens (including phenoxy) is 1. The van der Waals surface area contributed by atoms with E-state index in [0.29, 0.717) is 11.4 Å². The summed E-state index contributed by atoms with van der Waals surface area (Å²) in [6.07, 6.45) is 2.59. The van der Waals surface area contributed by atoms with Gasteiger partial charge in [-0.3, -0.25) is 19.7 Å². The summed E-state index contributed by atoms with van der Waals surface area (Å²) in [6, 6.07) is 9.95. The van der Waals surface area contributed by atoms with E-state index in [-0.39, 0.29) is 34.3 Å². The summed E-state index contributed by atoms with van der Waals surface area (Å²) < 4.78 is 6.28. The number of fused-ring (bicyclic) bond motifs is 1. The number of hydrogen-bond donors (Lipinski definition) is 2. The zero-order chi connectivity index (χ0) is 23.5. The maximum absolute atomic E-state index is 13.0. The number of rotatable bonds is 6. The Hall–Kier alpha value is -4.87. The van der Waals surface area contributed by atoms with E-state index in [1.54, 1.807) is 31.2 Å². The second-order valence-corrected chi connectivity index (χ2v) is 6.74. The average Bonchev–Trinajstić information content (AvgIpc) is 3.24. The molecule has 0 aliphatic carbocycles. The Balaban J connectivity index is 1.73. The van der Waals surface area contributed by atoms with Crippen molar-refractivity contribution in [1.29, 1.82) is 0 Å². The van der Waals surface area contributed by atoms with Gasteiger partial charge >= 0.3 is 5.97 Å². The van der Waals surface area contributed by atoms with E-state index in [1.807, 2.05) is 0 Å². The van der Waals surface area contributed by atoms with Crippen LogP contribution in [0, 0.1) is 10.1 Å². The van der Waals surface area contributed by atoms with Gasteiger partial charge in [0.05, 0.1) is 41.0 Å². The predicted octanol–water partition coefficient (Wildman–Crippen LogP) is 2.45. The molecule has 0 radical (unpaired) electrons. The van der Waals surface area contributed by atoms with Gasteiger partial charge in [-0.2, -0.15) is 5.10 Å². The number of carbonyl (C=O) groups excluding carboxylic acids is 2. The molecule has 0 aliphatic heterocycles. The van der Waals surface area contributed by atoms with Crippen molar-refractivity contribution in [1.82, 2.24) is 19.7 Å². The number of nitro benzene ring substituents is 1. The number of aromatic nitrogens is 4. The minimum Gasteiger partial charge on any atom is -0.462 e. The summed E-state index contributed by atoms with van der Waals surface area (Å²) >= 11 is 0. The number of aromatic amines is 1. The lowest BCUT2D eigenvalue weighted by Crippen LogP contribution is -2.16. The molecule has 2 N–H and O–H groups in total. The highest BCUT2D eigenvalue weighted by atomic mass is 16.6. The third kappa shape index (κ3) is 4.17. The topological polar surface area (TPSA) is 162 Å². The molecular weight excluding hydrogens is 432 g/mol. The van der Waals surface area contributed by atoms with Crippen LogP contribution in [0.2, 0.25) is 0 Å². The average molecular weight is 448 g/mol. The minimum absolute atomic E-state index is 0.0745. The van der Waals surface area contributed by atoms with Crippen LogP contribution in [-0.2, 0) is 4.74 Å². The fraction of sp³-hybridized carbons (Fsp3) is 0.0952. The fourth-order valence-corrected chi connectivity index (χ4v) is 3.17. The van der Waals surface area contributed by atoms with Crippen molar-refractivity contribution in [3.05, 3.63) is 86.6 Å². The zero-order valence-electron chi connectivity index (χ0n) is 17.1. The SMILES string of the molecule is CCOC(=O)c1cc(C(=O)Nc2ccccc2-n2ncc3c(=O)[nH]cnc32)cc([N+](=O)[O-])c1. The van der Waals surface area contributed by atoms with Crippen LogP contribution in [0.4, 0.5) is 11.4 Å². The number of nitrogens with one attached hydrogen (secondary N) is 2. The number of amides is 1. The maximum atomic E-state index is 13.0. The van der Waals surface area contributed by atoms with Crippen LogP contribution >= 0.6 is 0 Å². The monoisotopic (exact) mass is 448 g/mol. The molecule has 166 valence electrons. The van der Waals surface area contributed by atoms with E-state index in [0.717, 1.165) is 12.1 Å². The van der Waals surface area contributed by atoms with Crippen LogP contribution in [0.1, 0.15) is 27.6 Å². The predicted molar refractivity (Wildman–Crippen MR) is 116 cm³/mol. The summed E-state index contributed by atoms with van der Waals surface area (Å²) in [5.41, 5.74) is -0.0292. The molecule has 2 aromatic heterocycles. The van der Waals surface area contributed by atoms with Crippen LogP contribution in [0.3, 0.4) is 0 Å². The summed E-state index contributed by atoms with van der Waals surface area (Å²) in [5.74, 6) is -1.48. The number of nitrogens with zero attached hydrogens (tertiary/aromatic N) is 4. The Morgan fingerprint density at radius 3 is 2.73 bits per heavy atom. The van der Waals surface area contributed by atoms with E-state index in [9.17, 15) is 24.5 Å². The van der Waals surface area contributed by atoms with Gasteiger partial charge < -0.3 is 15.0 Å². The van der Waals surface area contributed by atoms with Gasteiger partial charge in [-0.1, -0.05) is 12.1 Å². The number of non-ortho nitro benzene ring substituents is 1. The van der Waals surface area contributed by atoms with Crippen molar-refractivity contribution in [2.75, 3.05) is 11.9 Å². The molecule has 2 aromatic carbocycles. The lowest BCUT2D eigenvalue weighted by atomic mass is 10.1. The molecule has 0 fully saturated rings. The van der Waals surface area contributed by atoms with Gasteiger partial charge in [0, 0.05) is 17.7 Å². The number of nitro groups is 1. The molecule has 12 heteroatoms. The quantitative estimate of drug-likeness (QED) is 0.258. The Kier molecular flexibility index (Phi) is 5.64. The molecule has 12 nitrogen and oxygen atoms in total. The molecular formula is C21H16N6O6. The second kappa shape index (κ2) is 8.70. The van der Waals surface area contributed by atoms with Crippen molar-refractivity contribution in [2.45, 2.75) is 6.92 Å². The Bertz CT molecular complexity index is 1460. The first-order valence-electron chi connectivity index (χ1n) is 9.68. The summed E-state index contributed by atoms with van der Waals surface area (Å²) in [6.45, 7) is 1.67. The summed E-state index contributed by atoms with van der Waals surface area (Å²) in [5, 5.41) is 18.4. The van der Waals surface area contributed by atoms with E-state index < -0.39 is 22.5 Å². The van der Waals surface area contributed by atoms with Crippen LogP contribution in [0.5, 0.6) is 0 Å². The van der Waals surface area contributed by atoms with Gasteiger partial charge in [-0.25, -0.2) is 14.5 Å². The van der Waals surface area contributed by atoms with Crippen LogP contribution < -0.4 is 10.9 Å². The van der Waals surface area contributed by atoms with Crippen LogP contribution in [-0.4, -0.2) is 43.2 Å². The van der Waals surface area contributed by atoms with E-state index in [4.69, 9.17) is 4.74 Å². The highest BCUT2D eigenvalue weighted by molar-refractivity contribution is 6.07. The zero-order valence-corrected chi connectivity index (χ0v) is 17.1.